The molecule has 0 bridgehead atoms. The summed E-state index contributed by atoms with van der Waals surface area (Å²) in [6, 6.07) is 14.3. The Morgan fingerprint density at radius 1 is 1.00 bits per heavy atom. The average Bonchev–Trinajstić information content (AvgIpc) is 2.69. The van der Waals surface area contributed by atoms with Gasteiger partial charge in [0.1, 0.15) is 0 Å². The first-order valence-electron chi connectivity index (χ1n) is 9.28. The van der Waals surface area contributed by atoms with E-state index in [2.05, 4.69) is 0 Å². The summed E-state index contributed by atoms with van der Waals surface area (Å²) in [6.07, 6.45) is 5.45. The van der Waals surface area contributed by atoms with Crippen molar-refractivity contribution < 1.29 is 19.2 Å². The zero-order valence-corrected chi connectivity index (χ0v) is 15.1. The first-order valence-corrected chi connectivity index (χ1v) is 9.28. The van der Waals surface area contributed by atoms with Crippen LogP contribution in [0.4, 0.5) is 0 Å². The molecular formula is C21H23NO5. The minimum atomic E-state index is -1.46. The van der Waals surface area contributed by atoms with Gasteiger partial charge in [-0.2, -0.15) is 0 Å². The second-order valence-corrected chi connectivity index (χ2v) is 6.74. The summed E-state index contributed by atoms with van der Waals surface area (Å²) < 4.78 is 11.4. The third-order valence-electron chi connectivity index (χ3n) is 4.70. The van der Waals surface area contributed by atoms with Gasteiger partial charge in [0.25, 0.3) is 0 Å². The number of carbonyl (C=O) groups is 1. The molecule has 0 aliphatic heterocycles. The SMILES string of the molecule is O=C(Oc1ccccc1OC1CCCCC1)C(Cc1ccccc1)[N+](=O)[O-]. The Morgan fingerprint density at radius 3 is 2.30 bits per heavy atom. The Labute approximate surface area is 158 Å². The molecule has 1 fully saturated rings. The topological polar surface area (TPSA) is 78.7 Å². The quantitative estimate of drug-likeness (QED) is 0.316. The summed E-state index contributed by atoms with van der Waals surface area (Å²) >= 11 is 0. The number of hydrogen-bond acceptors (Lipinski definition) is 5. The zero-order chi connectivity index (χ0) is 19.1. The molecule has 2 aromatic rings. The summed E-state index contributed by atoms with van der Waals surface area (Å²) in [4.78, 5) is 23.3. The van der Waals surface area contributed by atoms with E-state index in [0.29, 0.717) is 11.3 Å². The Morgan fingerprint density at radius 2 is 1.63 bits per heavy atom. The van der Waals surface area contributed by atoms with Gasteiger partial charge in [0.15, 0.2) is 11.5 Å². The lowest BCUT2D eigenvalue weighted by Gasteiger charge is -2.24. The Balaban J connectivity index is 1.70. The molecule has 27 heavy (non-hydrogen) atoms. The van der Waals surface area contributed by atoms with E-state index in [0.717, 1.165) is 25.7 Å². The molecule has 1 unspecified atom stereocenters. The predicted molar refractivity (Wildman–Crippen MR) is 101 cm³/mol. The van der Waals surface area contributed by atoms with E-state index in [-0.39, 0.29) is 18.3 Å². The van der Waals surface area contributed by atoms with Crippen LogP contribution in [0.2, 0.25) is 0 Å². The maximum atomic E-state index is 12.5. The van der Waals surface area contributed by atoms with Crippen molar-refractivity contribution in [2.24, 2.45) is 0 Å². The molecule has 3 rings (SSSR count). The Kier molecular flexibility index (Phi) is 6.41. The fourth-order valence-electron chi connectivity index (χ4n) is 3.25. The third-order valence-corrected chi connectivity index (χ3v) is 4.70. The van der Waals surface area contributed by atoms with Crippen molar-refractivity contribution in [1.82, 2.24) is 0 Å². The maximum Gasteiger partial charge on any atom is 0.387 e. The van der Waals surface area contributed by atoms with E-state index in [1.165, 1.54) is 6.42 Å². The largest absolute Gasteiger partial charge is 0.487 e. The highest BCUT2D eigenvalue weighted by molar-refractivity contribution is 5.78. The van der Waals surface area contributed by atoms with Crippen LogP contribution in [0.15, 0.2) is 54.6 Å². The number of esters is 1. The molecule has 6 heteroatoms. The van der Waals surface area contributed by atoms with Gasteiger partial charge in [-0.1, -0.05) is 48.9 Å². The molecule has 1 aliphatic rings. The van der Waals surface area contributed by atoms with Crippen LogP contribution in [0, 0.1) is 10.1 Å². The molecule has 0 amide bonds. The van der Waals surface area contributed by atoms with Gasteiger partial charge in [0.05, 0.1) is 12.5 Å². The highest BCUT2D eigenvalue weighted by Gasteiger charge is 2.33. The molecule has 1 atom stereocenters. The lowest BCUT2D eigenvalue weighted by Crippen LogP contribution is -2.35. The number of para-hydroxylation sites is 2. The van der Waals surface area contributed by atoms with Crippen molar-refractivity contribution in [2.75, 3.05) is 0 Å². The molecule has 142 valence electrons. The Bertz CT molecular complexity index is 771. The van der Waals surface area contributed by atoms with Gasteiger partial charge in [0, 0.05) is 4.92 Å². The number of nitrogens with zero attached hydrogens (tertiary/aromatic N) is 1. The maximum absolute atomic E-state index is 12.5. The van der Waals surface area contributed by atoms with Crippen molar-refractivity contribution in [3.8, 4) is 11.5 Å². The molecule has 0 aromatic heterocycles. The van der Waals surface area contributed by atoms with Crippen LogP contribution in [0.3, 0.4) is 0 Å². The molecule has 6 nitrogen and oxygen atoms in total. The second-order valence-electron chi connectivity index (χ2n) is 6.74. The normalized spacial score (nSPS) is 15.7. The molecule has 0 N–H and O–H groups in total. The number of rotatable bonds is 7. The van der Waals surface area contributed by atoms with E-state index in [1.54, 1.807) is 48.5 Å². The summed E-state index contributed by atoms with van der Waals surface area (Å²) in [6.45, 7) is 0. The highest BCUT2D eigenvalue weighted by Crippen LogP contribution is 2.31. The summed E-state index contributed by atoms with van der Waals surface area (Å²) in [5.74, 6) is -0.198. The molecule has 1 saturated carbocycles. The van der Waals surface area contributed by atoms with Gasteiger partial charge >= 0.3 is 12.0 Å². The molecule has 0 radical (unpaired) electrons. The van der Waals surface area contributed by atoms with Crippen molar-refractivity contribution in [2.45, 2.75) is 50.7 Å². The third kappa shape index (κ3) is 5.29. The van der Waals surface area contributed by atoms with Crippen molar-refractivity contribution in [3.63, 3.8) is 0 Å². The smallest absolute Gasteiger partial charge is 0.387 e. The van der Waals surface area contributed by atoms with Gasteiger partial charge in [0.2, 0.25) is 0 Å². The van der Waals surface area contributed by atoms with Gasteiger partial charge in [-0.15, -0.1) is 0 Å². The van der Waals surface area contributed by atoms with Gasteiger partial charge < -0.3 is 9.47 Å². The predicted octanol–water partition coefficient (Wildman–Crippen LogP) is 4.19. The van der Waals surface area contributed by atoms with E-state index in [9.17, 15) is 14.9 Å². The second kappa shape index (κ2) is 9.16. The number of carbonyl (C=O) groups excluding carboxylic acids is 1. The Hall–Kier alpha value is -2.89. The summed E-state index contributed by atoms with van der Waals surface area (Å²) in [7, 11) is 0. The van der Waals surface area contributed by atoms with E-state index in [1.807, 2.05) is 6.07 Å². The minimum absolute atomic E-state index is 0.0156. The van der Waals surface area contributed by atoms with Crippen LogP contribution in [0.1, 0.15) is 37.7 Å². The van der Waals surface area contributed by atoms with E-state index >= 15 is 0 Å². The lowest BCUT2D eigenvalue weighted by molar-refractivity contribution is -0.509. The van der Waals surface area contributed by atoms with Crippen LogP contribution < -0.4 is 9.47 Å². The van der Waals surface area contributed by atoms with Crippen LogP contribution in [-0.2, 0) is 11.2 Å². The van der Waals surface area contributed by atoms with Crippen molar-refractivity contribution in [1.29, 1.82) is 0 Å². The number of ether oxygens (including phenoxy) is 2. The van der Waals surface area contributed by atoms with Crippen molar-refractivity contribution >= 4 is 5.97 Å². The minimum Gasteiger partial charge on any atom is -0.487 e. The van der Waals surface area contributed by atoms with Crippen LogP contribution in [0.5, 0.6) is 11.5 Å². The van der Waals surface area contributed by atoms with Crippen LogP contribution >= 0.6 is 0 Å². The van der Waals surface area contributed by atoms with Gasteiger partial charge in [-0.25, -0.2) is 4.79 Å². The lowest BCUT2D eigenvalue weighted by atomic mass is 9.98. The zero-order valence-electron chi connectivity index (χ0n) is 15.1. The summed E-state index contributed by atoms with van der Waals surface area (Å²) in [5, 5.41) is 11.4. The standard InChI is InChI=1S/C21H23NO5/c23-21(18(22(24)25)15-16-9-3-1-4-10-16)27-20-14-8-7-13-19(20)26-17-11-5-2-6-12-17/h1,3-4,7-10,13-14,17-18H,2,5-6,11-12,15H2. The fraction of sp³-hybridized carbons (Fsp3) is 0.381. The first kappa shape index (κ1) is 18.9. The molecule has 1 aliphatic carbocycles. The average molecular weight is 369 g/mol. The van der Waals surface area contributed by atoms with E-state index < -0.39 is 16.9 Å². The summed E-state index contributed by atoms with van der Waals surface area (Å²) in [5.41, 5.74) is 0.711. The molecule has 0 spiro atoms. The van der Waals surface area contributed by atoms with E-state index in [4.69, 9.17) is 9.47 Å². The number of hydrogen-bond donors (Lipinski definition) is 0. The first-order chi connectivity index (χ1) is 13.1. The molecule has 0 heterocycles. The highest BCUT2D eigenvalue weighted by atomic mass is 16.6. The fourth-order valence-corrected chi connectivity index (χ4v) is 3.25. The van der Waals surface area contributed by atoms with Gasteiger partial charge in [-0.05, 0) is 43.4 Å². The molecule has 0 saturated heterocycles. The molecular weight excluding hydrogens is 346 g/mol. The van der Waals surface area contributed by atoms with Crippen molar-refractivity contribution in [3.05, 3.63) is 70.3 Å². The van der Waals surface area contributed by atoms with Gasteiger partial charge in [-0.3, -0.25) is 10.1 Å². The van der Waals surface area contributed by atoms with Crippen LogP contribution in [0.25, 0.3) is 0 Å². The number of benzene rings is 2. The molecule has 2 aromatic carbocycles. The monoisotopic (exact) mass is 369 g/mol. The number of nitro groups is 1. The van der Waals surface area contributed by atoms with Crippen LogP contribution in [-0.4, -0.2) is 23.0 Å².